The normalized spacial score (nSPS) is 22.1. The largest absolute Gasteiger partial charge is 0.466 e. The number of benzene rings is 3. The van der Waals surface area contributed by atoms with Gasteiger partial charge in [-0.25, -0.2) is 8.42 Å². The number of nitrogens with zero attached hydrogens (tertiary/aromatic N) is 1. The molecule has 1 aliphatic heterocycles. The van der Waals surface area contributed by atoms with E-state index in [4.69, 9.17) is 4.74 Å². The van der Waals surface area contributed by atoms with Crippen LogP contribution in [0.15, 0.2) is 83.8 Å². The highest BCUT2D eigenvalue weighted by Crippen LogP contribution is 2.36. The maximum Gasteiger partial charge on any atom is 0.306 e. The summed E-state index contributed by atoms with van der Waals surface area (Å²) in [6, 6.07) is 25.6. The highest BCUT2D eigenvalue weighted by molar-refractivity contribution is 7.91. The topological polar surface area (TPSA) is 95.9 Å². The van der Waals surface area contributed by atoms with Crippen molar-refractivity contribution in [1.82, 2.24) is 10.2 Å². The fraction of sp³-hybridized carbons (Fsp3) is 0.457. The Morgan fingerprint density at radius 3 is 2.26 bits per heavy atom. The predicted octanol–water partition coefficient (Wildman–Crippen LogP) is 5.39. The van der Waals surface area contributed by atoms with Crippen molar-refractivity contribution in [3.63, 3.8) is 0 Å². The van der Waals surface area contributed by atoms with Crippen LogP contribution in [0.4, 0.5) is 0 Å². The molecule has 3 aromatic rings. The standard InChI is InChI=1S/C35H44N2O5S/c1-2-42-34(38)21-12-26-8-13-28(14-9-26)29-17-19-32(20-18-29)43(40,41)25-27-10-15-31(16-11-27)35(39)37-23-22-36-24-33(37)30-6-4-3-5-7-30/h3-9,13-14,17-20,27,31,33,35-36,39H,2,10-12,15-16,21-25H2,1H3/t27?,31?,33-,35-/m1/s1. The lowest BCUT2D eigenvalue weighted by atomic mass is 9.81. The van der Waals surface area contributed by atoms with Crippen molar-refractivity contribution in [1.29, 1.82) is 0 Å². The van der Waals surface area contributed by atoms with E-state index in [-0.39, 0.29) is 29.6 Å². The van der Waals surface area contributed by atoms with Gasteiger partial charge in [0.1, 0.15) is 6.23 Å². The number of carbonyl (C=O) groups excluding carboxylic acids is 1. The minimum atomic E-state index is -3.41. The van der Waals surface area contributed by atoms with Gasteiger partial charge in [-0.3, -0.25) is 9.69 Å². The molecule has 0 spiro atoms. The first kappa shape index (κ1) is 31.4. The summed E-state index contributed by atoms with van der Waals surface area (Å²) < 4.78 is 31.6. The average molecular weight is 605 g/mol. The van der Waals surface area contributed by atoms with Crippen LogP contribution in [0.3, 0.4) is 0 Å². The molecule has 0 bridgehead atoms. The number of rotatable bonds is 11. The summed E-state index contributed by atoms with van der Waals surface area (Å²) in [5.74, 6) is 0.202. The number of nitrogens with one attached hydrogen (secondary N) is 1. The van der Waals surface area contributed by atoms with E-state index < -0.39 is 16.1 Å². The molecule has 3 aromatic carbocycles. The fourth-order valence-electron chi connectivity index (χ4n) is 6.55. The Morgan fingerprint density at radius 2 is 1.60 bits per heavy atom. The van der Waals surface area contributed by atoms with Crippen LogP contribution in [0.25, 0.3) is 11.1 Å². The van der Waals surface area contributed by atoms with Crippen molar-refractivity contribution < 1.29 is 23.1 Å². The molecule has 2 aliphatic rings. The summed E-state index contributed by atoms with van der Waals surface area (Å²) >= 11 is 0. The Kier molecular flexibility index (Phi) is 10.7. The maximum atomic E-state index is 13.3. The Balaban J connectivity index is 1.13. The van der Waals surface area contributed by atoms with E-state index in [1.54, 1.807) is 19.1 Å². The molecule has 8 heteroatoms. The molecule has 0 amide bonds. The van der Waals surface area contributed by atoms with Gasteiger partial charge in [0.15, 0.2) is 9.84 Å². The average Bonchev–Trinajstić information content (AvgIpc) is 3.04. The summed E-state index contributed by atoms with van der Waals surface area (Å²) in [4.78, 5) is 14.2. The molecule has 2 N–H and O–H groups in total. The van der Waals surface area contributed by atoms with Crippen molar-refractivity contribution in [2.24, 2.45) is 11.8 Å². The number of aryl methyl sites for hydroxylation is 1. The SMILES string of the molecule is CCOC(=O)CCc1ccc(-c2ccc(S(=O)(=O)CC3CCC([C@@H](O)N4CCNC[C@@H]4c4ccccc4)CC3)cc2)cc1. The summed E-state index contributed by atoms with van der Waals surface area (Å²) in [7, 11) is -3.41. The molecule has 7 nitrogen and oxygen atoms in total. The van der Waals surface area contributed by atoms with Gasteiger partial charge in [-0.15, -0.1) is 0 Å². The van der Waals surface area contributed by atoms with Gasteiger partial charge in [0.05, 0.1) is 17.3 Å². The fourth-order valence-corrected chi connectivity index (χ4v) is 8.25. The third-order valence-corrected chi connectivity index (χ3v) is 10.9. The number of hydrogen-bond acceptors (Lipinski definition) is 7. The monoisotopic (exact) mass is 604 g/mol. The highest BCUT2D eigenvalue weighted by Gasteiger charge is 2.36. The highest BCUT2D eigenvalue weighted by atomic mass is 32.2. The van der Waals surface area contributed by atoms with Gasteiger partial charge in [0, 0.05) is 32.1 Å². The number of aliphatic hydroxyl groups excluding tert-OH is 1. The number of aliphatic hydroxyl groups is 1. The summed E-state index contributed by atoms with van der Waals surface area (Å²) in [6.07, 6.45) is 3.74. The summed E-state index contributed by atoms with van der Waals surface area (Å²) in [6.45, 7) is 4.66. The third kappa shape index (κ3) is 8.12. The molecule has 43 heavy (non-hydrogen) atoms. The Hall–Kier alpha value is -3.04. The molecule has 1 saturated heterocycles. The molecule has 1 heterocycles. The van der Waals surface area contributed by atoms with Crippen LogP contribution < -0.4 is 5.32 Å². The maximum absolute atomic E-state index is 13.3. The predicted molar refractivity (Wildman–Crippen MR) is 169 cm³/mol. The van der Waals surface area contributed by atoms with Gasteiger partial charge in [0.2, 0.25) is 0 Å². The van der Waals surface area contributed by atoms with Crippen molar-refractivity contribution in [2.45, 2.75) is 62.6 Å². The Bertz CT molecular complexity index is 1420. The third-order valence-electron chi connectivity index (χ3n) is 9.00. The second-order valence-electron chi connectivity index (χ2n) is 11.9. The van der Waals surface area contributed by atoms with E-state index in [1.165, 1.54) is 5.56 Å². The quantitative estimate of drug-likeness (QED) is 0.283. The van der Waals surface area contributed by atoms with Crippen LogP contribution in [-0.2, 0) is 25.8 Å². The number of ether oxygens (including phenoxy) is 1. The van der Waals surface area contributed by atoms with Crippen LogP contribution in [-0.4, -0.2) is 62.6 Å². The van der Waals surface area contributed by atoms with Crippen molar-refractivity contribution in [3.8, 4) is 11.1 Å². The number of piperazine rings is 1. The second kappa shape index (κ2) is 14.6. The summed E-state index contributed by atoms with van der Waals surface area (Å²) in [5.41, 5.74) is 4.22. The van der Waals surface area contributed by atoms with E-state index in [2.05, 4.69) is 22.3 Å². The van der Waals surface area contributed by atoms with Crippen LogP contribution in [0.5, 0.6) is 0 Å². The minimum Gasteiger partial charge on any atom is -0.466 e. The van der Waals surface area contributed by atoms with Crippen LogP contribution in [0.1, 0.15) is 56.2 Å². The van der Waals surface area contributed by atoms with Gasteiger partial charge in [-0.05, 0) is 85.3 Å². The molecule has 0 unspecified atom stereocenters. The van der Waals surface area contributed by atoms with Gasteiger partial charge in [-0.1, -0.05) is 66.7 Å². The Labute approximate surface area is 256 Å². The molecular formula is C35H44N2O5S. The number of carbonyl (C=O) groups is 1. The van der Waals surface area contributed by atoms with Crippen molar-refractivity contribution in [3.05, 3.63) is 90.0 Å². The number of sulfone groups is 1. The van der Waals surface area contributed by atoms with Gasteiger partial charge < -0.3 is 15.2 Å². The molecular weight excluding hydrogens is 560 g/mol. The molecule has 2 fully saturated rings. The van der Waals surface area contributed by atoms with Crippen LogP contribution in [0.2, 0.25) is 0 Å². The lowest BCUT2D eigenvalue weighted by molar-refractivity contribution is -0.143. The van der Waals surface area contributed by atoms with E-state index in [1.807, 2.05) is 54.6 Å². The van der Waals surface area contributed by atoms with Crippen molar-refractivity contribution >= 4 is 15.8 Å². The zero-order chi connectivity index (χ0) is 30.2. The molecule has 2 atom stereocenters. The van der Waals surface area contributed by atoms with Crippen LogP contribution >= 0.6 is 0 Å². The number of hydrogen-bond donors (Lipinski definition) is 2. The molecule has 0 radical (unpaired) electrons. The lowest BCUT2D eigenvalue weighted by Gasteiger charge is -2.43. The van der Waals surface area contributed by atoms with Crippen LogP contribution in [0, 0.1) is 11.8 Å². The second-order valence-corrected chi connectivity index (χ2v) is 13.9. The zero-order valence-corrected chi connectivity index (χ0v) is 25.8. The number of esters is 1. The first-order valence-corrected chi connectivity index (χ1v) is 17.3. The van der Waals surface area contributed by atoms with Gasteiger partial charge in [-0.2, -0.15) is 0 Å². The van der Waals surface area contributed by atoms with E-state index in [0.29, 0.717) is 24.3 Å². The van der Waals surface area contributed by atoms with Gasteiger partial charge >= 0.3 is 5.97 Å². The van der Waals surface area contributed by atoms with Gasteiger partial charge in [0.25, 0.3) is 0 Å². The first-order valence-electron chi connectivity index (χ1n) is 15.6. The molecule has 5 rings (SSSR count). The zero-order valence-electron chi connectivity index (χ0n) is 25.0. The van der Waals surface area contributed by atoms with Crippen molar-refractivity contribution in [2.75, 3.05) is 32.0 Å². The Morgan fingerprint density at radius 1 is 0.953 bits per heavy atom. The van der Waals surface area contributed by atoms with E-state index in [0.717, 1.165) is 62.0 Å². The minimum absolute atomic E-state index is 0.100. The molecule has 230 valence electrons. The smallest absolute Gasteiger partial charge is 0.306 e. The van der Waals surface area contributed by atoms with E-state index in [9.17, 15) is 18.3 Å². The molecule has 1 saturated carbocycles. The van der Waals surface area contributed by atoms with E-state index >= 15 is 0 Å². The lowest BCUT2D eigenvalue weighted by Crippen LogP contribution is -2.53. The summed E-state index contributed by atoms with van der Waals surface area (Å²) in [5, 5.41) is 14.9. The molecule has 1 aliphatic carbocycles. The molecule has 0 aromatic heterocycles. The first-order chi connectivity index (χ1) is 20.8.